The molecule has 0 fully saturated rings. The number of nitrogens with zero attached hydrogens (tertiary/aromatic N) is 2. The van der Waals surface area contributed by atoms with Gasteiger partial charge in [0.2, 0.25) is 0 Å². The molecule has 0 amide bonds. The summed E-state index contributed by atoms with van der Waals surface area (Å²) in [5.41, 5.74) is -3.74. The third-order valence-corrected chi connectivity index (χ3v) is 4.78. The minimum Gasteiger partial charge on any atom is -0.275 e. The maximum atomic E-state index is 12.8. The first-order valence-corrected chi connectivity index (χ1v) is 10.5. The van der Waals surface area contributed by atoms with Gasteiger partial charge in [0.15, 0.2) is 0 Å². The van der Waals surface area contributed by atoms with Gasteiger partial charge in [0, 0.05) is 5.56 Å². The van der Waals surface area contributed by atoms with Crippen LogP contribution in [0.2, 0.25) is 0 Å². The second-order valence-electron chi connectivity index (χ2n) is 5.88. The lowest BCUT2D eigenvalue weighted by molar-refractivity contribution is -0.0429. The van der Waals surface area contributed by atoms with E-state index in [1.807, 2.05) is 19.9 Å². The van der Waals surface area contributed by atoms with Crippen molar-refractivity contribution in [1.82, 2.24) is 0 Å². The van der Waals surface area contributed by atoms with Gasteiger partial charge in [-0.05, 0) is 38.1 Å². The lowest BCUT2D eigenvalue weighted by atomic mass is 10.1. The molecule has 162 valence electrons. The summed E-state index contributed by atoms with van der Waals surface area (Å²) < 4.78 is 62.9. The second kappa shape index (κ2) is 10.7. The molecular weight excluding hydrogens is 415 g/mol. The van der Waals surface area contributed by atoms with Crippen molar-refractivity contribution >= 4 is 27.1 Å². The number of hydrazone groups is 1. The largest absolute Gasteiger partial charge is 0.516 e. The second-order valence-corrected chi connectivity index (χ2v) is 7.56. The van der Waals surface area contributed by atoms with E-state index in [1.54, 1.807) is 48.9 Å². The maximum absolute atomic E-state index is 12.8. The summed E-state index contributed by atoms with van der Waals surface area (Å²) in [5.74, 6) is 2.47. The van der Waals surface area contributed by atoms with Gasteiger partial charge in [-0.2, -0.15) is 26.7 Å². The Balaban J connectivity index is 0.00000218. The molecule has 9 heteroatoms. The van der Waals surface area contributed by atoms with Crippen molar-refractivity contribution in [2.45, 2.75) is 33.2 Å². The van der Waals surface area contributed by atoms with E-state index in [-0.39, 0.29) is 17.8 Å². The number of hydrogen-bond acceptors (Lipinski definition) is 4. The van der Waals surface area contributed by atoms with Crippen LogP contribution in [0.25, 0.3) is 0 Å². The first kappa shape index (κ1) is 25.0. The molecule has 2 rings (SSSR count). The Kier molecular flexibility index (Phi) is 8.93. The third kappa shape index (κ3) is 6.52. The Bertz CT molecular complexity index is 1010. The van der Waals surface area contributed by atoms with Crippen LogP contribution < -0.4 is 9.73 Å². The predicted molar refractivity (Wildman–Crippen MR) is 116 cm³/mol. The molecule has 0 atom stereocenters. The van der Waals surface area contributed by atoms with Gasteiger partial charge in [-0.3, -0.25) is 9.73 Å². The normalized spacial score (nSPS) is 11.7. The Morgan fingerprint density at radius 3 is 2.30 bits per heavy atom. The van der Waals surface area contributed by atoms with Gasteiger partial charge in [0.1, 0.15) is 6.54 Å². The summed E-state index contributed by atoms with van der Waals surface area (Å²) in [4.78, 5) is 0. The summed E-state index contributed by atoms with van der Waals surface area (Å²) >= 11 is 0. The fourth-order valence-corrected chi connectivity index (χ4v) is 2.94. The van der Waals surface area contributed by atoms with Gasteiger partial charge >= 0.3 is 15.5 Å². The maximum Gasteiger partial charge on any atom is 0.516 e. The third-order valence-electron chi connectivity index (χ3n) is 3.68. The molecule has 0 aliphatic carbocycles. The zero-order chi connectivity index (χ0) is 22.9. The predicted octanol–water partition coefficient (Wildman–Crippen LogP) is 5.15. The van der Waals surface area contributed by atoms with Gasteiger partial charge < -0.3 is 0 Å². The quantitative estimate of drug-likeness (QED) is 0.385. The van der Waals surface area contributed by atoms with E-state index in [0.717, 1.165) is 5.56 Å². The molecule has 0 saturated carbocycles. The summed E-state index contributed by atoms with van der Waals surface area (Å²) in [6.45, 7) is 7.42. The van der Waals surface area contributed by atoms with E-state index in [4.69, 9.17) is 6.42 Å². The Labute approximate surface area is 175 Å². The zero-order valence-electron chi connectivity index (χ0n) is 17.2. The van der Waals surface area contributed by atoms with Crippen LogP contribution in [0.3, 0.4) is 0 Å². The fourth-order valence-electron chi connectivity index (χ4n) is 2.35. The van der Waals surface area contributed by atoms with E-state index < -0.39 is 15.5 Å². The van der Waals surface area contributed by atoms with Crippen molar-refractivity contribution in [2.24, 2.45) is 5.10 Å². The van der Waals surface area contributed by atoms with Crippen LogP contribution in [0.15, 0.2) is 53.6 Å². The number of benzene rings is 2. The minimum absolute atomic E-state index is 0.122. The van der Waals surface area contributed by atoms with Crippen molar-refractivity contribution in [2.75, 3.05) is 16.3 Å². The number of nitrogens with one attached hydrogen (secondary N) is 1. The molecule has 5 nitrogen and oxygen atoms in total. The average Bonchev–Trinajstić information content (AvgIpc) is 2.70. The summed E-state index contributed by atoms with van der Waals surface area (Å²) in [6, 6.07) is 13.3. The highest BCUT2D eigenvalue weighted by atomic mass is 32.2. The molecule has 0 unspecified atom stereocenters. The lowest BCUT2D eigenvalue weighted by Crippen LogP contribution is -2.30. The molecule has 0 radical (unpaired) electrons. The fraction of sp³-hybridized carbons (Fsp3) is 0.286. The Hall–Kier alpha value is -2.99. The zero-order valence-corrected chi connectivity index (χ0v) is 18.0. The van der Waals surface area contributed by atoms with Crippen molar-refractivity contribution in [3.05, 3.63) is 59.7 Å². The van der Waals surface area contributed by atoms with Crippen LogP contribution in [-0.4, -0.2) is 26.2 Å². The van der Waals surface area contributed by atoms with Crippen molar-refractivity contribution in [3.8, 4) is 12.3 Å². The highest BCUT2D eigenvalue weighted by Gasteiger charge is 2.46. The minimum atomic E-state index is -5.56. The summed E-state index contributed by atoms with van der Waals surface area (Å²) in [7, 11) is -5.56. The SMILES string of the molecule is C#CCN(/N=C(\C)c1cc(C)ccc1NS(=O)(=O)C(F)(F)F)c1ccccc1.CC. The number of rotatable bonds is 6. The first-order chi connectivity index (χ1) is 14.0. The molecule has 2 aromatic carbocycles. The molecule has 0 aliphatic rings. The van der Waals surface area contributed by atoms with E-state index in [0.29, 0.717) is 11.4 Å². The standard InChI is InChI=1S/C19H18F3N3O2S.C2H6/c1-4-12-25(16-8-6-5-7-9-16)23-15(3)17-13-14(2)10-11-18(17)24-28(26,27)19(20,21)22;1-2/h1,5-11,13,24H,12H2,2-3H3;1-2H3/b23-15+;. The molecule has 0 spiro atoms. The number of alkyl halides is 3. The van der Waals surface area contributed by atoms with Crippen LogP contribution in [0.5, 0.6) is 0 Å². The number of halogens is 3. The molecule has 0 heterocycles. The number of sulfonamides is 1. The van der Waals surface area contributed by atoms with E-state index >= 15 is 0 Å². The summed E-state index contributed by atoms with van der Waals surface area (Å²) in [5, 5.41) is 5.89. The molecular formula is C21H24F3N3O2S. The van der Waals surface area contributed by atoms with Gasteiger partial charge in [-0.1, -0.05) is 49.6 Å². The Morgan fingerprint density at radius 2 is 1.77 bits per heavy atom. The van der Waals surface area contributed by atoms with Crippen LogP contribution in [0.1, 0.15) is 31.9 Å². The topological polar surface area (TPSA) is 61.8 Å². The van der Waals surface area contributed by atoms with Crippen molar-refractivity contribution < 1.29 is 21.6 Å². The van der Waals surface area contributed by atoms with E-state index in [1.165, 1.54) is 17.1 Å². The van der Waals surface area contributed by atoms with Gasteiger partial charge in [0.05, 0.1) is 17.1 Å². The van der Waals surface area contributed by atoms with Crippen LogP contribution >= 0.6 is 0 Å². The van der Waals surface area contributed by atoms with Gasteiger partial charge in [-0.25, -0.2) is 0 Å². The molecule has 0 saturated heterocycles. The summed E-state index contributed by atoms with van der Waals surface area (Å²) in [6.07, 6.45) is 5.39. The van der Waals surface area contributed by atoms with Gasteiger partial charge in [0.25, 0.3) is 0 Å². The van der Waals surface area contributed by atoms with Crippen LogP contribution in [-0.2, 0) is 10.0 Å². The highest BCUT2D eigenvalue weighted by molar-refractivity contribution is 7.93. The molecule has 0 aromatic heterocycles. The lowest BCUT2D eigenvalue weighted by Gasteiger charge is -2.19. The molecule has 0 aliphatic heterocycles. The monoisotopic (exact) mass is 439 g/mol. The van der Waals surface area contributed by atoms with Gasteiger partial charge in [-0.15, -0.1) is 6.42 Å². The van der Waals surface area contributed by atoms with Crippen molar-refractivity contribution in [1.29, 1.82) is 0 Å². The molecule has 30 heavy (non-hydrogen) atoms. The number of aryl methyl sites for hydroxylation is 1. The Morgan fingerprint density at radius 1 is 1.17 bits per heavy atom. The van der Waals surface area contributed by atoms with E-state index in [2.05, 4.69) is 11.0 Å². The van der Waals surface area contributed by atoms with Crippen LogP contribution in [0, 0.1) is 19.3 Å². The van der Waals surface area contributed by atoms with Crippen molar-refractivity contribution in [3.63, 3.8) is 0 Å². The first-order valence-electron chi connectivity index (χ1n) is 9.06. The molecule has 0 bridgehead atoms. The highest BCUT2D eigenvalue weighted by Crippen LogP contribution is 2.28. The number of terminal acetylenes is 1. The van der Waals surface area contributed by atoms with Crippen LogP contribution in [0.4, 0.5) is 24.5 Å². The number of para-hydroxylation sites is 1. The molecule has 1 N–H and O–H groups in total. The number of hydrogen-bond donors (Lipinski definition) is 1. The smallest absolute Gasteiger partial charge is 0.275 e. The molecule has 2 aromatic rings. The number of anilines is 2. The average molecular weight is 440 g/mol. The van der Waals surface area contributed by atoms with E-state index in [9.17, 15) is 21.6 Å².